The van der Waals surface area contributed by atoms with E-state index in [2.05, 4.69) is 17.1 Å². The lowest BCUT2D eigenvalue weighted by Crippen LogP contribution is -2.22. The second kappa shape index (κ2) is 4.64. The quantitative estimate of drug-likeness (QED) is 0.454. The van der Waals surface area contributed by atoms with E-state index in [-0.39, 0.29) is 18.4 Å². The fourth-order valence-corrected chi connectivity index (χ4v) is 0.470. The maximum absolute atomic E-state index is 10.4. The first-order chi connectivity index (χ1) is 4.20. The van der Waals surface area contributed by atoms with Crippen LogP contribution >= 0.6 is 12.9 Å². The lowest BCUT2D eigenvalue weighted by molar-refractivity contribution is -0.133. The van der Waals surface area contributed by atoms with Gasteiger partial charge < -0.3 is 9.92 Å². The van der Waals surface area contributed by atoms with Crippen LogP contribution in [-0.4, -0.2) is 12.0 Å². The third-order valence-electron chi connectivity index (χ3n) is 1.06. The zero-order chi connectivity index (χ0) is 7.28. The first kappa shape index (κ1) is 8.78. The maximum Gasteiger partial charge on any atom is 0.319 e. The third kappa shape index (κ3) is 4.29. The van der Waals surface area contributed by atoms with Crippen LogP contribution in [0.25, 0.3) is 0 Å². The van der Waals surface area contributed by atoms with E-state index in [9.17, 15) is 4.79 Å². The molecule has 0 saturated heterocycles. The minimum absolute atomic E-state index is 0.0929. The van der Waals surface area contributed by atoms with Gasteiger partial charge in [0.15, 0.2) is 0 Å². The van der Waals surface area contributed by atoms with Crippen molar-refractivity contribution in [2.24, 2.45) is 5.73 Å². The first-order valence-electron chi connectivity index (χ1n) is 2.80. The maximum atomic E-state index is 10.4. The summed E-state index contributed by atoms with van der Waals surface area (Å²) in [6, 6.07) is -0.0929. The molecule has 0 heterocycles. The largest absolute Gasteiger partial charge is 0.395 e. The van der Waals surface area contributed by atoms with Crippen LogP contribution in [0.3, 0.4) is 0 Å². The molecule has 0 aromatic heterocycles. The minimum atomic E-state index is -0.368. The van der Waals surface area contributed by atoms with Gasteiger partial charge in [-0.05, 0) is 6.42 Å². The Hall–Kier alpha value is -0.220. The molecule has 0 aromatic rings. The Morgan fingerprint density at radius 1 is 1.89 bits per heavy atom. The van der Waals surface area contributed by atoms with E-state index in [1.165, 1.54) is 0 Å². The topological polar surface area (TPSA) is 52.3 Å². The Morgan fingerprint density at radius 2 is 2.44 bits per heavy atom. The van der Waals surface area contributed by atoms with Crippen molar-refractivity contribution in [3.8, 4) is 0 Å². The van der Waals surface area contributed by atoms with E-state index in [4.69, 9.17) is 5.73 Å². The fraction of sp³-hybridized carbons (Fsp3) is 0.800. The van der Waals surface area contributed by atoms with Crippen LogP contribution in [0.5, 0.6) is 0 Å². The van der Waals surface area contributed by atoms with E-state index >= 15 is 0 Å². The number of hydrogen-bond donors (Lipinski definition) is 2. The first-order valence-corrected chi connectivity index (χ1v) is 3.17. The zero-order valence-corrected chi connectivity index (χ0v) is 6.23. The van der Waals surface area contributed by atoms with Crippen molar-refractivity contribution in [2.45, 2.75) is 25.8 Å². The SMILES string of the molecule is CCC(N)CC(=O)OS. The summed E-state index contributed by atoms with van der Waals surface area (Å²) in [5.41, 5.74) is 5.41. The molecule has 0 spiro atoms. The Labute approximate surface area is 60.2 Å². The number of hydrogen-bond acceptors (Lipinski definition) is 4. The van der Waals surface area contributed by atoms with Crippen molar-refractivity contribution in [3.63, 3.8) is 0 Å². The van der Waals surface area contributed by atoms with Crippen LogP contribution in [0, 0.1) is 0 Å². The number of carbonyl (C=O) groups is 1. The van der Waals surface area contributed by atoms with Gasteiger partial charge >= 0.3 is 5.97 Å². The second-order valence-electron chi connectivity index (χ2n) is 1.84. The molecular formula is C5H11NO2S. The highest BCUT2D eigenvalue weighted by molar-refractivity contribution is 7.75. The van der Waals surface area contributed by atoms with Gasteiger partial charge in [-0.25, -0.2) is 0 Å². The monoisotopic (exact) mass is 149 g/mol. The third-order valence-corrected chi connectivity index (χ3v) is 1.26. The highest BCUT2D eigenvalue weighted by atomic mass is 32.1. The molecule has 1 unspecified atom stereocenters. The molecule has 0 aromatic carbocycles. The van der Waals surface area contributed by atoms with Crippen LogP contribution in [0.1, 0.15) is 19.8 Å². The Kier molecular flexibility index (Phi) is 4.53. The molecule has 0 saturated carbocycles. The summed E-state index contributed by atoms with van der Waals surface area (Å²) in [7, 11) is 0. The van der Waals surface area contributed by atoms with Crippen molar-refractivity contribution in [1.82, 2.24) is 0 Å². The molecule has 1 atom stereocenters. The van der Waals surface area contributed by atoms with E-state index in [0.717, 1.165) is 6.42 Å². The van der Waals surface area contributed by atoms with E-state index in [1.54, 1.807) is 0 Å². The number of carbonyl (C=O) groups excluding carboxylic acids is 1. The molecule has 4 heteroatoms. The average molecular weight is 149 g/mol. The molecule has 0 rings (SSSR count). The lowest BCUT2D eigenvalue weighted by atomic mass is 10.2. The van der Waals surface area contributed by atoms with Crippen molar-refractivity contribution >= 4 is 18.9 Å². The molecule has 0 aliphatic carbocycles. The molecule has 0 bridgehead atoms. The van der Waals surface area contributed by atoms with Gasteiger partial charge in [0.1, 0.15) is 0 Å². The van der Waals surface area contributed by atoms with E-state index in [1.807, 2.05) is 6.92 Å². The molecule has 0 radical (unpaired) electrons. The highest BCUT2D eigenvalue weighted by Crippen LogP contribution is 1.96. The van der Waals surface area contributed by atoms with Crippen molar-refractivity contribution in [2.75, 3.05) is 0 Å². The van der Waals surface area contributed by atoms with Gasteiger partial charge in [0.2, 0.25) is 0 Å². The number of nitrogens with two attached hydrogens (primary N) is 1. The van der Waals surface area contributed by atoms with Gasteiger partial charge in [-0.1, -0.05) is 6.92 Å². The summed E-state index contributed by atoms with van der Waals surface area (Å²) in [6.45, 7) is 1.91. The van der Waals surface area contributed by atoms with E-state index in [0.29, 0.717) is 0 Å². The average Bonchev–Trinajstić information content (AvgIpc) is 1.87. The normalized spacial score (nSPS) is 12.8. The van der Waals surface area contributed by atoms with Gasteiger partial charge in [0.25, 0.3) is 0 Å². The Balaban J connectivity index is 3.34. The molecule has 9 heavy (non-hydrogen) atoms. The second-order valence-corrected chi connectivity index (χ2v) is 2.02. The molecular weight excluding hydrogens is 138 g/mol. The number of rotatable bonds is 3. The lowest BCUT2D eigenvalue weighted by Gasteiger charge is -2.03. The molecule has 54 valence electrons. The molecule has 0 aliphatic heterocycles. The zero-order valence-electron chi connectivity index (χ0n) is 5.33. The van der Waals surface area contributed by atoms with Crippen molar-refractivity contribution in [1.29, 1.82) is 0 Å². The van der Waals surface area contributed by atoms with Gasteiger partial charge in [-0.15, -0.1) is 0 Å². The summed E-state index contributed by atoms with van der Waals surface area (Å²) < 4.78 is 4.10. The predicted octanol–water partition coefficient (Wildman–Crippen LogP) is 0.502. The van der Waals surface area contributed by atoms with Gasteiger partial charge in [-0.3, -0.25) is 4.79 Å². The van der Waals surface area contributed by atoms with Crippen LogP contribution in [0.4, 0.5) is 0 Å². The molecule has 2 N–H and O–H groups in total. The number of thiol groups is 1. The van der Waals surface area contributed by atoms with Gasteiger partial charge in [0, 0.05) is 19.0 Å². The Bertz CT molecular complexity index is 97.0. The van der Waals surface area contributed by atoms with Gasteiger partial charge in [0.05, 0.1) is 6.42 Å². The summed E-state index contributed by atoms with van der Waals surface area (Å²) in [6.07, 6.45) is 1.03. The summed E-state index contributed by atoms with van der Waals surface area (Å²) >= 11 is 3.32. The highest BCUT2D eigenvalue weighted by Gasteiger charge is 2.06. The standard InChI is InChI=1S/C5H11NO2S/c1-2-4(6)3-5(7)8-9/h4,9H,2-3,6H2,1H3. The minimum Gasteiger partial charge on any atom is -0.395 e. The molecule has 0 amide bonds. The van der Waals surface area contributed by atoms with Crippen LogP contribution in [0.15, 0.2) is 0 Å². The van der Waals surface area contributed by atoms with Crippen LogP contribution < -0.4 is 5.73 Å². The van der Waals surface area contributed by atoms with Crippen LogP contribution in [-0.2, 0) is 8.98 Å². The summed E-state index contributed by atoms with van der Waals surface area (Å²) in [5.74, 6) is -0.368. The molecule has 0 aliphatic rings. The molecule has 3 nitrogen and oxygen atoms in total. The summed E-state index contributed by atoms with van der Waals surface area (Å²) in [5, 5.41) is 0. The fourth-order valence-electron chi connectivity index (χ4n) is 0.396. The van der Waals surface area contributed by atoms with Gasteiger partial charge in [-0.2, -0.15) is 0 Å². The smallest absolute Gasteiger partial charge is 0.319 e. The van der Waals surface area contributed by atoms with Crippen molar-refractivity contribution in [3.05, 3.63) is 0 Å². The Morgan fingerprint density at radius 3 is 2.78 bits per heavy atom. The summed E-state index contributed by atoms with van der Waals surface area (Å²) in [4.78, 5) is 10.4. The van der Waals surface area contributed by atoms with E-state index < -0.39 is 0 Å². The predicted molar refractivity (Wildman–Crippen MR) is 38.0 cm³/mol. The molecule has 0 fully saturated rings. The van der Waals surface area contributed by atoms with Crippen molar-refractivity contribution < 1.29 is 8.98 Å². The van der Waals surface area contributed by atoms with Crippen LogP contribution in [0.2, 0.25) is 0 Å².